The lowest BCUT2D eigenvalue weighted by Crippen LogP contribution is -2.48. The van der Waals surface area contributed by atoms with Crippen LogP contribution in [0.2, 0.25) is 0 Å². The summed E-state index contributed by atoms with van der Waals surface area (Å²) in [5, 5.41) is 6.40. The van der Waals surface area contributed by atoms with Crippen LogP contribution < -0.4 is 10.5 Å². The van der Waals surface area contributed by atoms with Gasteiger partial charge in [0.25, 0.3) is 5.56 Å². The van der Waals surface area contributed by atoms with Gasteiger partial charge in [0, 0.05) is 50.9 Å². The van der Waals surface area contributed by atoms with Gasteiger partial charge in [0.1, 0.15) is 11.5 Å². The highest BCUT2D eigenvalue weighted by molar-refractivity contribution is 7.13. The number of hydrogen-bond acceptors (Lipinski definition) is 5. The fourth-order valence-electron chi connectivity index (χ4n) is 3.57. The minimum atomic E-state index is -0.248. The van der Waals surface area contributed by atoms with Gasteiger partial charge in [-0.1, -0.05) is 6.07 Å². The molecule has 0 unspecified atom stereocenters. The third-order valence-electron chi connectivity index (χ3n) is 5.22. The van der Waals surface area contributed by atoms with Crippen LogP contribution in [-0.4, -0.2) is 46.8 Å². The third kappa shape index (κ3) is 4.76. The van der Waals surface area contributed by atoms with Gasteiger partial charge in [-0.15, -0.1) is 11.3 Å². The molecule has 3 aromatic rings. The van der Waals surface area contributed by atoms with Gasteiger partial charge in [0.15, 0.2) is 0 Å². The lowest BCUT2D eigenvalue weighted by molar-refractivity contribution is -0.131. The quantitative estimate of drug-likeness (QED) is 0.607. The molecule has 0 aliphatic carbocycles. The average molecular weight is 427 g/mol. The predicted octanol–water partition coefficient (Wildman–Crippen LogP) is 3.24. The maximum absolute atomic E-state index is 13.1. The Hall–Kier alpha value is -3.00. The largest absolute Gasteiger partial charge is 0.368 e. The Morgan fingerprint density at radius 2 is 1.80 bits per heavy atom. The Bertz CT molecular complexity index is 1040. The number of nitrogens with zero attached hydrogens (tertiary/aromatic N) is 4. The summed E-state index contributed by atoms with van der Waals surface area (Å²) in [6.45, 7) is 3.15. The number of halogens is 1. The first kappa shape index (κ1) is 20.3. The topological polar surface area (TPSA) is 58.4 Å². The van der Waals surface area contributed by atoms with Gasteiger partial charge in [0.2, 0.25) is 5.91 Å². The second-order valence-corrected chi connectivity index (χ2v) is 8.15. The molecule has 1 aliphatic heterocycles. The molecule has 8 heteroatoms. The number of amides is 1. The van der Waals surface area contributed by atoms with Crippen molar-refractivity contribution in [2.75, 3.05) is 31.1 Å². The summed E-state index contributed by atoms with van der Waals surface area (Å²) in [7, 11) is 0. The highest BCUT2D eigenvalue weighted by atomic mass is 32.1. The van der Waals surface area contributed by atoms with Crippen molar-refractivity contribution in [2.24, 2.45) is 0 Å². The number of carbonyl (C=O) groups is 1. The maximum Gasteiger partial charge on any atom is 0.266 e. The van der Waals surface area contributed by atoms with Gasteiger partial charge in [-0.05, 0) is 48.2 Å². The zero-order valence-corrected chi connectivity index (χ0v) is 17.4. The van der Waals surface area contributed by atoms with E-state index in [2.05, 4.69) is 10.00 Å². The molecule has 1 aromatic carbocycles. The predicted molar refractivity (Wildman–Crippen MR) is 116 cm³/mol. The molecule has 0 atom stereocenters. The lowest BCUT2D eigenvalue weighted by atomic mass is 10.2. The second kappa shape index (κ2) is 9.21. The van der Waals surface area contributed by atoms with E-state index in [9.17, 15) is 14.0 Å². The minimum absolute atomic E-state index is 0.0937. The molecule has 156 valence electrons. The molecule has 1 aliphatic rings. The maximum atomic E-state index is 13.1. The summed E-state index contributed by atoms with van der Waals surface area (Å²) in [5.41, 5.74) is 1.59. The molecule has 0 saturated carbocycles. The number of thiophene rings is 1. The van der Waals surface area contributed by atoms with E-state index in [0.717, 1.165) is 29.3 Å². The molecule has 6 nitrogen and oxygen atoms in total. The van der Waals surface area contributed by atoms with Crippen LogP contribution in [0, 0.1) is 5.82 Å². The summed E-state index contributed by atoms with van der Waals surface area (Å²) in [6, 6.07) is 13.6. The van der Waals surface area contributed by atoms with Gasteiger partial charge >= 0.3 is 0 Å². The van der Waals surface area contributed by atoms with Crippen molar-refractivity contribution in [1.29, 1.82) is 0 Å². The molecule has 4 rings (SSSR count). The van der Waals surface area contributed by atoms with Gasteiger partial charge in [-0.25, -0.2) is 9.07 Å². The van der Waals surface area contributed by atoms with E-state index in [-0.39, 0.29) is 17.3 Å². The summed E-state index contributed by atoms with van der Waals surface area (Å²) < 4.78 is 14.5. The van der Waals surface area contributed by atoms with Gasteiger partial charge in [-0.3, -0.25) is 9.59 Å². The number of rotatable bonds is 6. The first-order valence-corrected chi connectivity index (χ1v) is 10.9. The first-order chi connectivity index (χ1) is 14.6. The number of piperazine rings is 1. The molecular weight excluding hydrogens is 403 g/mol. The summed E-state index contributed by atoms with van der Waals surface area (Å²) >= 11 is 1.58. The number of hydrogen-bond donors (Lipinski definition) is 0. The molecule has 1 fully saturated rings. The number of benzene rings is 1. The van der Waals surface area contributed by atoms with Crippen LogP contribution >= 0.6 is 11.3 Å². The van der Waals surface area contributed by atoms with Crippen molar-refractivity contribution in [3.63, 3.8) is 0 Å². The highest BCUT2D eigenvalue weighted by Gasteiger charge is 2.21. The van der Waals surface area contributed by atoms with Crippen molar-refractivity contribution >= 4 is 22.9 Å². The zero-order chi connectivity index (χ0) is 20.9. The van der Waals surface area contributed by atoms with E-state index in [0.29, 0.717) is 32.5 Å². The van der Waals surface area contributed by atoms with Crippen LogP contribution in [0.1, 0.15) is 12.8 Å². The number of aromatic nitrogens is 2. The number of carbonyl (C=O) groups excluding carboxylic acids is 1. The van der Waals surface area contributed by atoms with Gasteiger partial charge in [-0.2, -0.15) is 5.10 Å². The van der Waals surface area contributed by atoms with Gasteiger partial charge < -0.3 is 9.80 Å². The van der Waals surface area contributed by atoms with E-state index in [1.165, 1.54) is 22.9 Å². The van der Waals surface area contributed by atoms with Crippen LogP contribution in [0.4, 0.5) is 10.1 Å². The third-order valence-corrected chi connectivity index (χ3v) is 6.12. The Morgan fingerprint density at radius 1 is 1.03 bits per heavy atom. The monoisotopic (exact) mass is 426 g/mol. The van der Waals surface area contributed by atoms with Crippen LogP contribution in [0.15, 0.2) is 58.7 Å². The summed E-state index contributed by atoms with van der Waals surface area (Å²) in [6.07, 6.45) is 0.950. The van der Waals surface area contributed by atoms with Crippen molar-refractivity contribution in [3.8, 4) is 10.6 Å². The van der Waals surface area contributed by atoms with Crippen molar-refractivity contribution in [3.05, 3.63) is 70.1 Å². The Balaban J connectivity index is 1.27. The number of aryl methyl sites for hydroxylation is 1. The van der Waals surface area contributed by atoms with Crippen LogP contribution in [0.5, 0.6) is 0 Å². The van der Waals surface area contributed by atoms with Crippen LogP contribution in [0.3, 0.4) is 0 Å². The van der Waals surface area contributed by atoms with E-state index in [4.69, 9.17) is 0 Å². The SMILES string of the molecule is O=C(CCCn1nc(-c2cccs2)ccc1=O)N1CCN(c2ccc(F)cc2)CC1. The van der Waals surface area contributed by atoms with E-state index >= 15 is 0 Å². The minimum Gasteiger partial charge on any atom is -0.368 e. The molecule has 0 spiro atoms. The van der Waals surface area contributed by atoms with Crippen molar-refractivity contribution in [2.45, 2.75) is 19.4 Å². The first-order valence-electron chi connectivity index (χ1n) is 10.0. The summed E-state index contributed by atoms with van der Waals surface area (Å²) in [4.78, 5) is 29.7. The molecule has 1 amide bonds. The Morgan fingerprint density at radius 3 is 2.50 bits per heavy atom. The molecule has 0 N–H and O–H groups in total. The molecular formula is C22H23FN4O2S. The molecule has 2 aromatic heterocycles. The van der Waals surface area contributed by atoms with Gasteiger partial charge in [0.05, 0.1) is 4.88 Å². The molecule has 0 bridgehead atoms. The molecule has 3 heterocycles. The Kier molecular flexibility index (Phi) is 6.23. The van der Waals surface area contributed by atoms with Crippen LogP contribution in [0.25, 0.3) is 10.6 Å². The molecule has 1 saturated heterocycles. The fraction of sp³-hybridized carbons (Fsp3) is 0.318. The van der Waals surface area contributed by atoms with E-state index in [1.807, 2.05) is 22.4 Å². The smallest absolute Gasteiger partial charge is 0.266 e. The van der Waals surface area contributed by atoms with Crippen molar-refractivity contribution < 1.29 is 9.18 Å². The normalized spacial score (nSPS) is 14.2. The second-order valence-electron chi connectivity index (χ2n) is 7.21. The highest BCUT2D eigenvalue weighted by Crippen LogP contribution is 2.21. The van der Waals surface area contributed by atoms with Crippen LogP contribution in [-0.2, 0) is 11.3 Å². The summed E-state index contributed by atoms with van der Waals surface area (Å²) in [5.74, 6) is -0.154. The zero-order valence-electron chi connectivity index (χ0n) is 16.5. The molecule has 0 radical (unpaired) electrons. The Labute approximate surface area is 178 Å². The van der Waals surface area contributed by atoms with E-state index < -0.39 is 0 Å². The van der Waals surface area contributed by atoms with Crippen molar-refractivity contribution in [1.82, 2.24) is 14.7 Å². The number of anilines is 1. The fourth-order valence-corrected chi connectivity index (χ4v) is 4.26. The standard InChI is InChI=1S/C22H23FN4O2S/c23-17-5-7-18(8-6-17)25-12-14-26(15-13-25)21(28)4-1-11-27-22(29)10-9-19(24-27)20-3-2-16-30-20/h2-3,5-10,16H,1,4,11-15H2. The molecule has 30 heavy (non-hydrogen) atoms. The van der Waals surface area contributed by atoms with E-state index in [1.54, 1.807) is 29.5 Å². The average Bonchev–Trinajstić information content (AvgIpc) is 3.31. The lowest BCUT2D eigenvalue weighted by Gasteiger charge is -2.36.